The third-order valence-electron chi connectivity index (χ3n) is 20.0. The van der Waals surface area contributed by atoms with Crippen molar-refractivity contribution in [1.82, 2.24) is 43.6 Å². The van der Waals surface area contributed by atoms with Gasteiger partial charge in [-0.1, -0.05) is 265 Å². The van der Waals surface area contributed by atoms with E-state index < -0.39 is 11.2 Å². The van der Waals surface area contributed by atoms with Crippen LogP contribution in [0.25, 0.3) is 65.8 Å². The number of aromatic nitrogens is 9. The van der Waals surface area contributed by atoms with Gasteiger partial charge in [0.05, 0.1) is 69.5 Å². The van der Waals surface area contributed by atoms with Crippen molar-refractivity contribution < 1.29 is 14.9 Å². The minimum atomic E-state index is -0.909. The van der Waals surface area contributed by atoms with Crippen molar-refractivity contribution in [2.24, 2.45) is 0 Å². The maximum Gasteiger partial charge on any atom is 0.206 e. The zero-order chi connectivity index (χ0) is 79.1. The van der Waals surface area contributed by atoms with Crippen molar-refractivity contribution in [3.05, 3.63) is 288 Å². The Morgan fingerprint density at radius 1 is 0.351 bits per heavy atom. The third kappa shape index (κ3) is 20.0. The van der Waals surface area contributed by atoms with Gasteiger partial charge in [-0.3, -0.25) is 0 Å². The van der Waals surface area contributed by atoms with E-state index in [1.165, 1.54) is 33.4 Å². The van der Waals surface area contributed by atoms with Gasteiger partial charge in [0.1, 0.15) is 16.6 Å². The van der Waals surface area contributed by atoms with Gasteiger partial charge in [-0.25, -0.2) is 29.9 Å². The highest BCUT2D eigenvalue weighted by Crippen LogP contribution is 2.41. The number of fused-ring (bicyclic) bond motifs is 9. The monoisotopic (exact) mass is 1520 g/mol. The predicted molar refractivity (Wildman–Crippen MR) is 475 cm³/mol. The van der Waals surface area contributed by atoms with Crippen molar-refractivity contribution >= 4 is 101 Å². The van der Waals surface area contributed by atoms with Crippen molar-refractivity contribution in [2.45, 2.75) is 165 Å². The summed E-state index contributed by atoms with van der Waals surface area (Å²) in [6.07, 6.45) is 2.99. The fraction of sp³-hybridized carbons (Fsp3) is 0.312. The molecule has 0 spiro atoms. The molecule has 15 rings (SSSR count). The first-order valence-electron chi connectivity index (χ1n) is 39.8. The molecule has 0 amide bonds. The number of benzene rings is 9. The van der Waals surface area contributed by atoms with Crippen LogP contribution < -0.4 is 30.2 Å². The summed E-state index contributed by atoms with van der Waals surface area (Å²) in [5, 5.41) is 32.0. The van der Waals surface area contributed by atoms with Gasteiger partial charge in [-0.15, -0.1) is 0 Å². The second-order valence-electron chi connectivity index (χ2n) is 31.3. The summed E-state index contributed by atoms with van der Waals surface area (Å²) in [5.74, 6) is 5.05. The van der Waals surface area contributed by atoms with Crippen molar-refractivity contribution in [1.29, 1.82) is 0 Å². The molecule has 18 nitrogen and oxygen atoms in total. The maximum absolute atomic E-state index is 10.9. The quantitative estimate of drug-likeness (QED) is 0.0322. The molecule has 0 bridgehead atoms. The number of para-hydroxylation sites is 3. The second kappa shape index (κ2) is 37.3. The standard InChI is InChI=1S/2C32H37N5O.C31H35N5O.CH4/c1-5-20-35(4)31-34-28-29(37(31)23-32(2,3)38)26-18-12-13-19-27(26)33-30(28)36(21-24-14-8-6-9-15-24)22-25-16-10-7-11-17-25;1-5-20-33-31-35-28-29(37(31)23-32(2,3)38-4)26-18-12-13-19-27(26)34-30(28)36(21-24-14-8-6-9-15-24)22-25-16-10-7-11-17-25;1-4-19-32-30-34-27-28(36(30)22-31(2,3)37)25-17-11-12-18-26(25)33-29(27)35(20-23-13-7-5-8-14-23)21-24-15-9-6-10-16-24;/h6-19,38H,5,20-23H2,1-4H3;6-19H,5,20-23H2,1-4H3,(H,33,35);5-18,37H,4,19-22H2,1-3H3,(H,32,34);1H4. The Kier molecular flexibility index (Phi) is 26.8. The molecule has 114 heavy (non-hydrogen) atoms. The largest absolute Gasteiger partial charge is 0.389 e. The van der Waals surface area contributed by atoms with Crippen LogP contribution in [0.2, 0.25) is 0 Å². The van der Waals surface area contributed by atoms with Gasteiger partial charge in [-0.2, -0.15) is 0 Å². The van der Waals surface area contributed by atoms with Gasteiger partial charge < -0.3 is 58.9 Å². The summed E-state index contributed by atoms with van der Waals surface area (Å²) in [4.78, 5) is 40.4. The van der Waals surface area contributed by atoms with Crippen LogP contribution in [0.1, 0.15) is 122 Å². The van der Waals surface area contributed by atoms with Crippen LogP contribution in [0.3, 0.4) is 0 Å². The molecule has 0 fully saturated rings. The number of ether oxygens (including phenoxy) is 1. The van der Waals surface area contributed by atoms with E-state index in [4.69, 9.17) is 34.6 Å². The minimum absolute atomic E-state index is 0. The lowest BCUT2D eigenvalue weighted by molar-refractivity contribution is 0.00946. The first kappa shape index (κ1) is 81.8. The molecular formula is C96H113N15O3. The first-order valence-corrected chi connectivity index (χ1v) is 39.8. The molecule has 0 unspecified atom stereocenters. The summed E-state index contributed by atoms with van der Waals surface area (Å²) in [5.41, 5.74) is 13.6. The Morgan fingerprint density at radius 2 is 0.623 bits per heavy atom. The van der Waals surface area contributed by atoms with E-state index in [2.05, 4.69) is 292 Å². The minimum Gasteiger partial charge on any atom is -0.389 e. The number of anilines is 6. The highest BCUT2D eigenvalue weighted by Gasteiger charge is 2.31. The van der Waals surface area contributed by atoms with Gasteiger partial charge in [0.25, 0.3) is 0 Å². The topological polar surface area (TPSA) is 179 Å². The maximum atomic E-state index is 10.9. The van der Waals surface area contributed by atoms with Crippen LogP contribution in [0, 0.1) is 0 Å². The average molecular weight is 1530 g/mol. The molecule has 9 aromatic carbocycles. The number of pyridine rings is 3. The molecule has 0 saturated carbocycles. The summed E-state index contributed by atoms with van der Waals surface area (Å²) < 4.78 is 12.5. The zero-order valence-corrected chi connectivity index (χ0v) is 67.5. The lowest BCUT2D eigenvalue weighted by Gasteiger charge is -2.26. The number of hydrogen-bond donors (Lipinski definition) is 4. The molecule has 590 valence electrons. The lowest BCUT2D eigenvalue weighted by atomic mass is 10.1. The molecule has 6 heterocycles. The van der Waals surface area contributed by atoms with E-state index in [0.29, 0.717) is 45.8 Å². The fourth-order valence-electron chi connectivity index (χ4n) is 14.7. The average Bonchev–Trinajstić information content (AvgIpc) is 1.58. The Hall–Kier alpha value is -11.7. The molecule has 0 saturated heterocycles. The normalized spacial score (nSPS) is 11.7. The summed E-state index contributed by atoms with van der Waals surface area (Å²) in [7, 11) is 3.84. The van der Waals surface area contributed by atoms with E-state index in [1.54, 1.807) is 7.11 Å². The molecule has 0 atom stereocenters. The number of methoxy groups -OCH3 is 1. The summed E-state index contributed by atoms with van der Waals surface area (Å²) in [6.45, 7) is 26.4. The van der Waals surface area contributed by atoms with Crippen LogP contribution >= 0.6 is 0 Å². The first-order chi connectivity index (χ1) is 54.7. The Labute approximate surface area is 672 Å². The Bertz CT molecular complexity index is 5450. The van der Waals surface area contributed by atoms with Gasteiger partial charge in [0, 0.05) is 89.2 Å². The van der Waals surface area contributed by atoms with Crippen molar-refractivity contribution in [3.8, 4) is 0 Å². The van der Waals surface area contributed by atoms with Gasteiger partial charge in [0.15, 0.2) is 17.5 Å². The third-order valence-corrected chi connectivity index (χ3v) is 20.0. The molecular weight excluding hydrogens is 1410 g/mol. The number of nitrogens with one attached hydrogen (secondary N) is 2. The molecule has 0 aliphatic carbocycles. The molecule has 0 aliphatic heterocycles. The lowest BCUT2D eigenvalue weighted by Crippen LogP contribution is -2.29. The highest BCUT2D eigenvalue weighted by atomic mass is 16.5. The zero-order valence-electron chi connectivity index (χ0n) is 67.5. The van der Waals surface area contributed by atoms with Crippen LogP contribution in [0.15, 0.2) is 255 Å². The summed E-state index contributed by atoms with van der Waals surface area (Å²) in [6, 6.07) is 88.0. The van der Waals surface area contributed by atoms with Crippen molar-refractivity contribution in [3.63, 3.8) is 0 Å². The fourth-order valence-corrected chi connectivity index (χ4v) is 14.7. The van der Waals surface area contributed by atoms with Crippen LogP contribution in [0.5, 0.6) is 0 Å². The van der Waals surface area contributed by atoms with Gasteiger partial charge in [0.2, 0.25) is 17.8 Å². The second-order valence-corrected chi connectivity index (χ2v) is 31.3. The van der Waals surface area contributed by atoms with Crippen LogP contribution in [-0.2, 0) is 63.6 Å². The van der Waals surface area contributed by atoms with E-state index in [1.807, 2.05) is 76.2 Å². The molecule has 18 heteroatoms. The molecule has 15 aromatic rings. The van der Waals surface area contributed by atoms with Gasteiger partial charge in [-0.05, 0) is 112 Å². The Morgan fingerprint density at radius 3 is 0.912 bits per heavy atom. The van der Waals surface area contributed by atoms with E-state index >= 15 is 0 Å². The number of nitrogens with zero attached hydrogens (tertiary/aromatic N) is 13. The molecule has 6 aromatic heterocycles. The van der Waals surface area contributed by atoms with Gasteiger partial charge >= 0.3 is 0 Å². The van der Waals surface area contributed by atoms with Crippen LogP contribution in [0.4, 0.5) is 35.3 Å². The predicted octanol–water partition coefficient (Wildman–Crippen LogP) is 20.5. The Balaban J connectivity index is 0.000000157. The number of aliphatic hydroxyl groups is 2. The van der Waals surface area contributed by atoms with Crippen molar-refractivity contribution in [2.75, 3.05) is 64.0 Å². The van der Waals surface area contributed by atoms with E-state index in [0.717, 1.165) is 153 Å². The molecule has 0 radical (unpaired) electrons. The molecule has 0 aliphatic rings. The number of rotatable bonds is 31. The summed E-state index contributed by atoms with van der Waals surface area (Å²) >= 11 is 0. The highest BCUT2D eigenvalue weighted by molar-refractivity contribution is 6.10. The van der Waals surface area contributed by atoms with E-state index in [9.17, 15) is 10.2 Å². The van der Waals surface area contributed by atoms with E-state index in [-0.39, 0.29) is 13.0 Å². The number of hydrogen-bond acceptors (Lipinski definition) is 15. The smallest absolute Gasteiger partial charge is 0.206 e. The number of imidazole rings is 3. The SMILES string of the molecule is C.CCCN(C)c1nc2c(N(Cc3ccccc3)Cc3ccccc3)nc3ccccc3c2n1CC(C)(C)O.CCCNc1nc2c(N(Cc3ccccc3)Cc3ccccc3)nc3ccccc3c2n1CC(C)(C)O.CCCNc1nc2c(N(Cc3ccccc3)Cc3ccccc3)nc3ccccc3c2n1CC(C)(C)OC. The molecule has 4 N–H and O–H groups in total. The van der Waals surface area contributed by atoms with Crippen LogP contribution in [-0.4, -0.2) is 104 Å².